The number of hydrogen-bond acceptors (Lipinski definition) is 2. The Kier molecular flexibility index (Phi) is 7.20. The van der Waals surface area contributed by atoms with Crippen LogP contribution in [0.4, 0.5) is 4.79 Å². The topological polar surface area (TPSA) is 64.9 Å². The molecule has 0 saturated heterocycles. The summed E-state index contributed by atoms with van der Waals surface area (Å²) in [5, 5.41) is 14.5. The first-order valence-corrected chi connectivity index (χ1v) is 7.21. The van der Waals surface area contributed by atoms with Crippen molar-refractivity contribution in [2.75, 3.05) is 6.54 Å². The molecule has 1 atom stereocenters. The highest BCUT2D eigenvalue weighted by atomic mass is 16.2. The van der Waals surface area contributed by atoms with Crippen LogP contribution in [0.2, 0.25) is 0 Å². The van der Waals surface area contributed by atoms with Gasteiger partial charge in [-0.05, 0) is 31.0 Å². The molecule has 0 aliphatic rings. The zero-order valence-electron chi connectivity index (χ0n) is 12.3. The van der Waals surface area contributed by atoms with Crippen molar-refractivity contribution in [1.82, 2.24) is 10.6 Å². The molecule has 0 radical (unpaired) electrons. The molecule has 0 aromatic heterocycles. The van der Waals surface area contributed by atoms with Crippen LogP contribution in [-0.2, 0) is 0 Å². The minimum Gasteiger partial charge on any atom is -0.338 e. The van der Waals surface area contributed by atoms with Crippen molar-refractivity contribution >= 4 is 6.03 Å². The second-order valence-corrected chi connectivity index (χ2v) is 4.92. The molecule has 0 saturated carbocycles. The molecule has 4 heteroatoms. The minimum atomic E-state index is -0.140. The van der Waals surface area contributed by atoms with Crippen molar-refractivity contribution in [3.63, 3.8) is 0 Å². The van der Waals surface area contributed by atoms with Crippen LogP contribution >= 0.6 is 0 Å². The second-order valence-electron chi connectivity index (χ2n) is 4.92. The van der Waals surface area contributed by atoms with Crippen LogP contribution in [0.1, 0.15) is 56.7 Å². The lowest BCUT2D eigenvalue weighted by Crippen LogP contribution is -2.37. The molecule has 0 aliphatic carbocycles. The standard InChI is InChI=1S/C16H23N3O/c1-3-4-5-6-11-18-16(20)19-13(2)15-9-7-14(12-17)8-10-15/h7-10,13H,3-6,11H2,1-2H3,(H2,18,19,20). The van der Waals surface area contributed by atoms with E-state index in [4.69, 9.17) is 5.26 Å². The molecular weight excluding hydrogens is 250 g/mol. The van der Waals surface area contributed by atoms with Crippen LogP contribution in [0.3, 0.4) is 0 Å². The van der Waals surface area contributed by atoms with Crippen LogP contribution in [0.15, 0.2) is 24.3 Å². The highest BCUT2D eigenvalue weighted by Crippen LogP contribution is 2.12. The predicted octanol–water partition coefficient (Wildman–Crippen LogP) is 3.50. The molecule has 0 heterocycles. The number of amides is 2. The number of nitriles is 1. The van der Waals surface area contributed by atoms with Crippen LogP contribution < -0.4 is 10.6 Å². The molecule has 2 amide bonds. The Morgan fingerprint density at radius 3 is 2.55 bits per heavy atom. The van der Waals surface area contributed by atoms with E-state index in [0.29, 0.717) is 12.1 Å². The Hall–Kier alpha value is -2.02. The van der Waals surface area contributed by atoms with E-state index >= 15 is 0 Å². The maximum atomic E-state index is 11.7. The molecule has 0 fully saturated rings. The van der Waals surface area contributed by atoms with Crippen LogP contribution in [0.25, 0.3) is 0 Å². The van der Waals surface area contributed by atoms with E-state index in [9.17, 15) is 4.79 Å². The smallest absolute Gasteiger partial charge is 0.315 e. The molecule has 0 spiro atoms. The third-order valence-electron chi connectivity index (χ3n) is 3.20. The fourth-order valence-corrected chi connectivity index (χ4v) is 1.93. The summed E-state index contributed by atoms with van der Waals surface area (Å²) >= 11 is 0. The Labute approximate surface area is 121 Å². The number of benzene rings is 1. The summed E-state index contributed by atoms with van der Waals surface area (Å²) in [6.45, 7) is 4.81. The van der Waals surface area contributed by atoms with E-state index in [0.717, 1.165) is 18.4 Å². The van der Waals surface area contributed by atoms with Gasteiger partial charge < -0.3 is 10.6 Å². The number of nitrogens with zero attached hydrogens (tertiary/aromatic N) is 1. The monoisotopic (exact) mass is 273 g/mol. The van der Waals surface area contributed by atoms with Gasteiger partial charge in [-0.1, -0.05) is 38.3 Å². The van der Waals surface area contributed by atoms with E-state index in [1.807, 2.05) is 19.1 Å². The maximum Gasteiger partial charge on any atom is 0.315 e. The molecule has 1 unspecified atom stereocenters. The summed E-state index contributed by atoms with van der Waals surface area (Å²) in [6, 6.07) is 9.12. The van der Waals surface area contributed by atoms with Gasteiger partial charge in [0.05, 0.1) is 17.7 Å². The van der Waals surface area contributed by atoms with E-state index in [1.165, 1.54) is 12.8 Å². The van der Waals surface area contributed by atoms with Gasteiger partial charge in [0.1, 0.15) is 0 Å². The van der Waals surface area contributed by atoms with Crippen LogP contribution in [-0.4, -0.2) is 12.6 Å². The first-order valence-electron chi connectivity index (χ1n) is 7.21. The van der Waals surface area contributed by atoms with Gasteiger partial charge in [0.2, 0.25) is 0 Å². The number of carbonyl (C=O) groups excluding carboxylic acids is 1. The molecule has 0 bridgehead atoms. The fraction of sp³-hybridized carbons (Fsp3) is 0.500. The van der Waals surface area contributed by atoms with E-state index in [2.05, 4.69) is 23.6 Å². The van der Waals surface area contributed by atoms with Gasteiger partial charge in [-0.15, -0.1) is 0 Å². The predicted molar refractivity (Wildman–Crippen MR) is 80.2 cm³/mol. The van der Waals surface area contributed by atoms with Crippen LogP contribution in [0.5, 0.6) is 0 Å². The lowest BCUT2D eigenvalue weighted by atomic mass is 10.1. The summed E-state index contributed by atoms with van der Waals surface area (Å²) in [4.78, 5) is 11.7. The van der Waals surface area contributed by atoms with Crippen molar-refractivity contribution < 1.29 is 4.79 Å². The first-order chi connectivity index (χ1) is 9.67. The average molecular weight is 273 g/mol. The third kappa shape index (κ3) is 5.75. The van der Waals surface area contributed by atoms with Crippen molar-refractivity contribution in [3.8, 4) is 6.07 Å². The summed E-state index contributed by atoms with van der Waals surface area (Å²) in [5.74, 6) is 0. The van der Waals surface area contributed by atoms with Crippen molar-refractivity contribution in [3.05, 3.63) is 35.4 Å². The number of unbranched alkanes of at least 4 members (excludes halogenated alkanes) is 3. The molecule has 1 rings (SSSR count). The lowest BCUT2D eigenvalue weighted by molar-refractivity contribution is 0.237. The highest BCUT2D eigenvalue weighted by molar-refractivity contribution is 5.74. The summed E-state index contributed by atoms with van der Waals surface area (Å²) in [7, 11) is 0. The molecule has 20 heavy (non-hydrogen) atoms. The van der Waals surface area contributed by atoms with Crippen molar-refractivity contribution in [1.29, 1.82) is 5.26 Å². The Balaban J connectivity index is 2.31. The second kappa shape index (κ2) is 8.98. The average Bonchev–Trinajstić information content (AvgIpc) is 2.47. The van der Waals surface area contributed by atoms with Gasteiger partial charge in [-0.3, -0.25) is 0 Å². The Morgan fingerprint density at radius 1 is 1.25 bits per heavy atom. The van der Waals surface area contributed by atoms with Gasteiger partial charge >= 0.3 is 6.03 Å². The Morgan fingerprint density at radius 2 is 1.95 bits per heavy atom. The number of rotatable bonds is 7. The zero-order chi connectivity index (χ0) is 14.8. The number of hydrogen-bond donors (Lipinski definition) is 2. The highest BCUT2D eigenvalue weighted by Gasteiger charge is 2.08. The first kappa shape index (κ1) is 16.0. The van der Waals surface area contributed by atoms with E-state index in [1.54, 1.807) is 12.1 Å². The van der Waals surface area contributed by atoms with Gasteiger partial charge in [0, 0.05) is 6.54 Å². The van der Waals surface area contributed by atoms with Gasteiger partial charge in [-0.25, -0.2) is 4.79 Å². The molecule has 108 valence electrons. The van der Waals surface area contributed by atoms with Crippen LogP contribution in [0, 0.1) is 11.3 Å². The fourth-order valence-electron chi connectivity index (χ4n) is 1.93. The molecule has 1 aromatic rings. The van der Waals surface area contributed by atoms with Crippen molar-refractivity contribution in [2.45, 2.75) is 45.6 Å². The molecule has 4 nitrogen and oxygen atoms in total. The molecular formula is C16H23N3O. The minimum absolute atomic E-state index is 0.0709. The number of carbonyl (C=O) groups is 1. The van der Waals surface area contributed by atoms with E-state index in [-0.39, 0.29) is 12.1 Å². The normalized spacial score (nSPS) is 11.4. The van der Waals surface area contributed by atoms with Gasteiger partial charge in [0.15, 0.2) is 0 Å². The van der Waals surface area contributed by atoms with Crippen molar-refractivity contribution in [2.24, 2.45) is 0 Å². The number of urea groups is 1. The molecule has 1 aromatic carbocycles. The summed E-state index contributed by atoms with van der Waals surface area (Å²) in [5.41, 5.74) is 1.62. The maximum absolute atomic E-state index is 11.7. The largest absolute Gasteiger partial charge is 0.338 e. The summed E-state index contributed by atoms with van der Waals surface area (Å²) < 4.78 is 0. The summed E-state index contributed by atoms with van der Waals surface area (Å²) in [6.07, 6.45) is 4.58. The third-order valence-corrected chi connectivity index (χ3v) is 3.20. The lowest BCUT2D eigenvalue weighted by Gasteiger charge is -2.15. The van der Waals surface area contributed by atoms with Gasteiger partial charge in [0.25, 0.3) is 0 Å². The Bertz CT molecular complexity index is 448. The SMILES string of the molecule is CCCCCCNC(=O)NC(C)c1ccc(C#N)cc1. The quantitative estimate of drug-likeness (QED) is 0.747. The zero-order valence-corrected chi connectivity index (χ0v) is 12.3. The molecule has 2 N–H and O–H groups in total. The van der Waals surface area contributed by atoms with Gasteiger partial charge in [-0.2, -0.15) is 5.26 Å². The molecule has 0 aliphatic heterocycles. The van der Waals surface area contributed by atoms with E-state index < -0.39 is 0 Å². The number of nitrogens with one attached hydrogen (secondary N) is 2.